The second-order valence-electron chi connectivity index (χ2n) is 1.39. The van der Waals surface area contributed by atoms with E-state index in [-0.39, 0.29) is 0 Å². The molecule has 0 fully saturated rings. The van der Waals surface area contributed by atoms with Gasteiger partial charge in [0.15, 0.2) is 0 Å². The first-order valence-electron chi connectivity index (χ1n) is 2.13. The molecule has 0 aliphatic rings. The van der Waals surface area contributed by atoms with Crippen molar-refractivity contribution in [2.24, 2.45) is 0 Å². The molecular formula is C4H3BrN2O2. The molecule has 1 rings (SSSR count). The van der Waals surface area contributed by atoms with Crippen molar-refractivity contribution < 1.29 is 9.90 Å². The molecular weight excluding hydrogens is 188 g/mol. The van der Waals surface area contributed by atoms with Crippen LogP contribution in [0.2, 0.25) is 0 Å². The smallest absolute Gasteiger partial charge is 0.416 e. The van der Waals surface area contributed by atoms with Gasteiger partial charge in [-0.25, -0.2) is 14.3 Å². The summed E-state index contributed by atoms with van der Waals surface area (Å²) in [6.45, 7) is 0. The predicted molar refractivity (Wildman–Crippen MR) is 33.3 cm³/mol. The van der Waals surface area contributed by atoms with E-state index in [9.17, 15) is 4.79 Å². The van der Waals surface area contributed by atoms with Gasteiger partial charge in [0.1, 0.15) is 10.9 Å². The number of hydrogen-bond donors (Lipinski definition) is 1. The first-order chi connectivity index (χ1) is 4.20. The zero-order valence-corrected chi connectivity index (χ0v) is 5.87. The van der Waals surface area contributed by atoms with Gasteiger partial charge in [-0.15, -0.1) is 0 Å². The molecule has 5 heteroatoms. The predicted octanol–water partition coefficient (Wildman–Crippen LogP) is 1.17. The fourth-order valence-corrected chi connectivity index (χ4v) is 0.716. The molecule has 0 radical (unpaired) electrons. The van der Waals surface area contributed by atoms with Crippen LogP contribution >= 0.6 is 15.9 Å². The van der Waals surface area contributed by atoms with Crippen LogP contribution in [0.5, 0.6) is 0 Å². The maximum absolute atomic E-state index is 10.1. The lowest BCUT2D eigenvalue weighted by Crippen LogP contribution is -2.03. The molecule has 1 aromatic heterocycles. The minimum atomic E-state index is -1.03. The molecule has 0 spiro atoms. The molecule has 0 saturated heterocycles. The van der Waals surface area contributed by atoms with Crippen molar-refractivity contribution in [2.75, 3.05) is 0 Å². The zero-order chi connectivity index (χ0) is 6.85. The van der Waals surface area contributed by atoms with E-state index in [0.717, 1.165) is 4.57 Å². The molecule has 0 aliphatic heterocycles. The van der Waals surface area contributed by atoms with Gasteiger partial charge in [-0.2, -0.15) is 0 Å². The van der Waals surface area contributed by atoms with Crippen molar-refractivity contribution in [1.29, 1.82) is 0 Å². The Labute approximate surface area is 59.3 Å². The van der Waals surface area contributed by atoms with Gasteiger partial charge in [-0.3, -0.25) is 0 Å². The molecule has 0 atom stereocenters. The van der Waals surface area contributed by atoms with Crippen LogP contribution in [-0.4, -0.2) is 20.8 Å². The molecule has 1 N–H and O–H groups in total. The Balaban J connectivity index is 2.98. The molecule has 0 saturated carbocycles. The van der Waals surface area contributed by atoms with Gasteiger partial charge in [0.05, 0.1) is 0 Å². The number of nitrogens with zero attached hydrogens (tertiary/aromatic N) is 2. The summed E-state index contributed by atoms with van der Waals surface area (Å²) < 4.78 is 1.48. The van der Waals surface area contributed by atoms with Crippen molar-refractivity contribution in [3.8, 4) is 0 Å². The van der Waals surface area contributed by atoms with Crippen LogP contribution in [0.15, 0.2) is 17.1 Å². The van der Waals surface area contributed by atoms with Gasteiger partial charge in [-0.05, 0) is 15.9 Å². The van der Waals surface area contributed by atoms with Gasteiger partial charge < -0.3 is 5.11 Å². The summed E-state index contributed by atoms with van der Waals surface area (Å²) in [7, 11) is 0. The quantitative estimate of drug-likeness (QED) is 0.669. The second-order valence-corrected chi connectivity index (χ2v) is 2.20. The maximum atomic E-state index is 10.1. The number of carboxylic acid groups (broad SMARTS) is 1. The Morgan fingerprint density at radius 1 is 1.89 bits per heavy atom. The largest absolute Gasteiger partial charge is 0.464 e. The van der Waals surface area contributed by atoms with E-state index in [0.29, 0.717) is 4.60 Å². The monoisotopic (exact) mass is 190 g/mol. The molecule has 0 amide bonds. The van der Waals surface area contributed by atoms with Gasteiger partial charge in [0.2, 0.25) is 0 Å². The first kappa shape index (κ1) is 6.28. The number of carbonyl (C=O) groups is 1. The summed E-state index contributed by atoms with van der Waals surface area (Å²) in [6.07, 6.45) is 1.54. The highest BCUT2D eigenvalue weighted by atomic mass is 79.9. The topological polar surface area (TPSA) is 55.1 Å². The average Bonchev–Trinajstić information content (AvgIpc) is 2.14. The third kappa shape index (κ3) is 1.29. The Morgan fingerprint density at radius 3 is 2.78 bits per heavy atom. The fourth-order valence-electron chi connectivity index (χ4n) is 0.403. The van der Waals surface area contributed by atoms with Crippen molar-refractivity contribution in [3.05, 3.63) is 17.1 Å². The number of rotatable bonds is 0. The highest BCUT2D eigenvalue weighted by Gasteiger charge is 1.99. The SMILES string of the molecule is O=C(O)n1cnc(Br)c1. The van der Waals surface area contributed by atoms with Crippen molar-refractivity contribution in [1.82, 2.24) is 9.55 Å². The molecule has 4 nitrogen and oxygen atoms in total. The van der Waals surface area contributed by atoms with E-state index in [1.165, 1.54) is 12.5 Å². The number of aromatic nitrogens is 2. The highest BCUT2D eigenvalue weighted by Crippen LogP contribution is 2.02. The van der Waals surface area contributed by atoms with E-state index >= 15 is 0 Å². The number of halogens is 1. The molecule has 9 heavy (non-hydrogen) atoms. The third-order valence-electron chi connectivity index (χ3n) is 0.772. The average molecular weight is 191 g/mol. The van der Waals surface area contributed by atoms with E-state index in [2.05, 4.69) is 20.9 Å². The van der Waals surface area contributed by atoms with Crippen LogP contribution in [0.3, 0.4) is 0 Å². The minimum absolute atomic E-state index is 0.518. The summed E-state index contributed by atoms with van der Waals surface area (Å²) in [6, 6.07) is 0. The Bertz CT molecular complexity index is 232. The summed E-state index contributed by atoms with van der Waals surface area (Å²) in [5.41, 5.74) is 0. The van der Waals surface area contributed by atoms with E-state index < -0.39 is 6.09 Å². The highest BCUT2D eigenvalue weighted by molar-refractivity contribution is 9.10. The Morgan fingerprint density at radius 2 is 2.56 bits per heavy atom. The molecule has 1 aromatic rings. The van der Waals surface area contributed by atoms with E-state index in [1.807, 2.05) is 0 Å². The summed E-state index contributed by atoms with van der Waals surface area (Å²) in [5.74, 6) is 0. The Kier molecular flexibility index (Phi) is 1.52. The van der Waals surface area contributed by atoms with Gasteiger partial charge in [0, 0.05) is 6.20 Å². The molecule has 1 heterocycles. The van der Waals surface area contributed by atoms with Crippen molar-refractivity contribution in [2.45, 2.75) is 0 Å². The standard InChI is InChI=1S/C4H3BrN2O2/c5-3-1-7(2-6-3)4(8)9/h1-2H,(H,8,9). The lowest BCUT2D eigenvalue weighted by molar-refractivity contribution is 0.196. The van der Waals surface area contributed by atoms with Crippen LogP contribution < -0.4 is 0 Å². The van der Waals surface area contributed by atoms with Gasteiger partial charge in [-0.1, -0.05) is 0 Å². The van der Waals surface area contributed by atoms with Crippen molar-refractivity contribution >= 4 is 22.0 Å². The normalized spacial score (nSPS) is 9.44. The Hall–Kier alpha value is -0.840. The molecule has 0 bridgehead atoms. The van der Waals surface area contributed by atoms with Crippen LogP contribution in [0.4, 0.5) is 4.79 Å². The summed E-state index contributed by atoms with van der Waals surface area (Å²) in [5, 5.41) is 8.30. The number of hydrogen-bond acceptors (Lipinski definition) is 2. The van der Waals surface area contributed by atoms with Crippen LogP contribution in [-0.2, 0) is 0 Å². The summed E-state index contributed by atoms with van der Waals surface area (Å²) in [4.78, 5) is 13.8. The lowest BCUT2D eigenvalue weighted by Gasteiger charge is -1.85. The van der Waals surface area contributed by atoms with E-state index in [1.54, 1.807) is 0 Å². The molecule has 0 aliphatic carbocycles. The fraction of sp³-hybridized carbons (Fsp3) is 0. The third-order valence-corrected chi connectivity index (χ3v) is 1.18. The molecule has 48 valence electrons. The maximum Gasteiger partial charge on any atom is 0.416 e. The minimum Gasteiger partial charge on any atom is -0.464 e. The lowest BCUT2D eigenvalue weighted by atomic mass is 10.9. The zero-order valence-electron chi connectivity index (χ0n) is 4.28. The molecule has 0 aromatic carbocycles. The molecule has 0 unspecified atom stereocenters. The van der Waals surface area contributed by atoms with Crippen molar-refractivity contribution in [3.63, 3.8) is 0 Å². The summed E-state index contributed by atoms with van der Waals surface area (Å²) >= 11 is 3.01. The van der Waals surface area contributed by atoms with E-state index in [4.69, 9.17) is 5.11 Å². The van der Waals surface area contributed by atoms with Crippen LogP contribution in [0, 0.1) is 0 Å². The number of imidazole rings is 1. The van der Waals surface area contributed by atoms with Crippen LogP contribution in [0.1, 0.15) is 0 Å². The van der Waals surface area contributed by atoms with Gasteiger partial charge >= 0.3 is 6.09 Å². The first-order valence-corrected chi connectivity index (χ1v) is 2.92. The van der Waals surface area contributed by atoms with Crippen LogP contribution in [0.25, 0.3) is 0 Å². The van der Waals surface area contributed by atoms with Gasteiger partial charge in [0.25, 0.3) is 0 Å². The second kappa shape index (κ2) is 2.18.